The van der Waals surface area contributed by atoms with Crippen LogP contribution in [0.5, 0.6) is 0 Å². The molecule has 0 fully saturated rings. The second-order valence-electron chi connectivity index (χ2n) is 4.77. The minimum absolute atomic E-state index is 0.0300. The molecule has 1 heterocycles. The fraction of sp³-hybridized carbons (Fsp3) is 0. The highest BCUT2D eigenvalue weighted by Gasteiger charge is 2.09. The van der Waals surface area contributed by atoms with Crippen molar-refractivity contribution in [3.05, 3.63) is 76.0 Å². The van der Waals surface area contributed by atoms with Gasteiger partial charge in [0.2, 0.25) is 0 Å². The number of nitrogens with one attached hydrogen (secondary N) is 1. The summed E-state index contributed by atoms with van der Waals surface area (Å²) < 4.78 is 0. The minimum atomic E-state index is -0.468. The Hall–Kier alpha value is -3.39. The maximum absolute atomic E-state index is 10.9. The van der Waals surface area contributed by atoms with E-state index >= 15 is 0 Å². The molecule has 0 spiro atoms. The maximum atomic E-state index is 10.9. The molecule has 22 heavy (non-hydrogen) atoms. The predicted octanol–water partition coefficient (Wildman–Crippen LogP) is 4.14. The van der Waals surface area contributed by atoms with Gasteiger partial charge in [0.25, 0.3) is 5.69 Å². The molecule has 0 atom stereocenters. The third kappa shape index (κ3) is 2.45. The first-order valence-corrected chi connectivity index (χ1v) is 6.62. The number of hydrogen-bond donors (Lipinski definition) is 1. The van der Waals surface area contributed by atoms with Crippen molar-refractivity contribution < 1.29 is 4.92 Å². The largest absolute Gasteiger partial charge is 0.361 e. The van der Waals surface area contributed by atoms with Gasteiger partial charge in [-0.25, -0.2) is 0 Å². The molecule has 0 amide bonds. The fourth-order valence-corrected chi connectivity index (χ4v) is 2.34. The number of aromatic nitrogens is 1. The molecule has 0 aliphatic rings. The zero-order valence-corrected chi connectivity index (χ0v) is 11.5. The smallest absolute Gasteiger partial charge is 0.270 e. The molecule has 106 valence electrons. The molecular weight excluding hydrogens is 278 g/mol. The Balaban J connectivity index is 2.10. The van der Waals surface area contributed by atoms with Crippen LogP contribution in [-0.4, -0.2) is 9.91 Å². The number of rotatable bonds is 3. The summed E-state index contributed by atoms with van der Waals surface area (Å²) in [7, 11) is 0. The van der Waals surface area contributed by atoms with Crippen LogP contribution in [0.25, 0.3) is 22.6 Å². The average Bonchev–Trinajstić information content (AvgIpc) is 2.96. The first-order valence-electron chi connectivity index (χ1n) is 6.62. The van der Waals surface area contributed by atoms with Crippen LogP contribution >= 0.6 is 0 Å². The van der Waals surface area contributed by atoms with Gasteiger partial charge in [-0.15, -0.1) is 0 Å². The second-order valence-corrected chi connectivity index (χ2v) is 4.77. The first-order chi connectivity index (χ1) is 10.7. The fourth-order valence-electron chi connectivity index (χ4n) is 2.34. The number of nitrogens with zero attached hydrogens (tertiary/aromatic N) is 2. The molecule has 0 bridgehead atoms. The van der Waals surface area contributed by atoms with Gasteiger partial charge in [0.05, 0.1) is 16.6 Å². The van der Waals surface area contributed by atoms with Crippen LogP contribution in [0, 0.1) is 21.4 Å². The summed E-state index contributed by atoms with van der Waals surface area (Å²) in [6.07, 6.45) is 3.55. The van der Waals surface area contributed by atoms with E-state index < -0.39 is 4.92 Å². The Morgan fingerprint density at radius 1 is 1.23 bits per heavy atom. The van der Waals surface area contributed by atoms with E-state index in [0.29, 0.717) is 11.1 Å². The van der Waals surface area contributed by atoms with Gasteiger partial charge in [-0.05, 0) is 17.7 Å². The lowest BCUT2D eigenvalue weighted by Gasteiger charge is -1.99. The molecule has 5 heteroatoms. The minimum Gasteiger partial charge on any atom is -0.361 e. The monoisotopic (exact) mass is 289 g/mol. The average molecular weight is 289 g/mol. The predicted molar refractivity (Wildman–Crippen MR) is 84.9 cm³/mol. The number of nitriles is 1. The van der Waals surface area contributed by atoms with Crippen LogP contribution in [-0.2, 0) is 0 Å². The molecule has 3 aromatic rings. The number of nitro groups is 1. The lowest BCUT2D eigenvalue weighted by molar-refractivity contribution is -0.384. The molecule has 0 aliphatic carbocycles. The third-order valence-electron chi connectivity index (χ3n) is 3.41. The quantitative estimate of drug-likeness (QED) is 0.447. The highest BCUT2D eigenvalue weighted by Crippen LogP contribution is 2.25. The maximum Gasteiger partial charge on any atom is 0.270 e. The number of hydrogen-bond acceptors (Lipinski definition) is 3. The Bertz CT molecular complexity index is 932. The molecule has 0 saturated heterocycles. The van der Waals surface area contributed by atoms with E-state index in [1.54, 1.807) is 18.2 Å². The zero-order chi connectivity index (χ0) is 15.5. The van der Waals surface area contributed by atoms with Gasteiger partial charge in [0.1, 0.15) is 0 Å². The molecule has 5 nitrogen and oxygen atoms in total. The number of fused-ring (bicyclic) bond motifs is 1. The highest BCUT2D eigenvalue weighted by atomic mass is 16.6. The number of H-pyrrole nitrogens is 1. The van der Waals surface area contributed by atoms with Crippen molar-refractivity contribution in [3.8, 4) is 6.07 Å². The van der Waals surface area contributed by atoms with Crippen LogP contribution in [0.15, 0.2) is 54.7 Å². The number of benzene rings is 2. The zero-order valence-electron chi connectivity index (χ0n) is 11.5. The molecule has 3 rings (SSSR count). The van der Waals surface area contributed by atoms with Gasteiger partial charge in [-0.3, -0.25) is 10.1 Å². The van der Waals surface area contributed by atoms with Crippen LogP contribution in [0.3, 0.4) is 0 Å². The lowest BCUT2D eigenvalue weighted by atomic mass is 10.0. The summed E-state index contributed by atoms with van der Waals surface area (Å²) in [6.45, 7) is 0. The van der Waals surface area contributed by atoms with E-state index in [2.05, 4.69) is 11.1 Å². The number of nitro benzene ring substituents is 1. The number of aromatic amines is 1. The van der Waals surface area contributed by atoms with Gasteiger partial charge in [-0.1, -0.05) is 30.3 Å². The third-order valence-corrected chi connectivity index (χ3v) is 3.41. The van der Waals surface area contributed by atoms with Gasteiger partial charge in [-0.2, -0.15) is 5.26 Å². The Kier molecular flexibility index (Phi) is 3.42. The molecule has 2 aromatic carbocycles. The first kappa shape index (κ1) is 13.6. The van der Waals surface area contributed by atoms with Crippen LogP contribution in [0.1, 0.15) is 11.1 Å². The van der Waals surface area contributed by atoms with Crippen molar-refractivity contribution in [2.75, 3.05) is 0 Å². The van der Waals surface area contributed by atoms with E-state index in [4.69, 9.17) is 0 Å². The van der Waals surface area contributed by atoms with E-state index in [0.717, 1.165) is 16.5 Å². The summed E-state index contributed by atoms with van der Waals surface area (Å²) in [5, 5.41) is 21.2. The summed E-state index contributed by atoms with van der Waals surface area (Å²) in [5.74, 6) is 0. The van der Waals surface area contributed by atoms with E-state index in [1.807, 2.05) is 30.5 Å². The van der Waals surface area contributed by atoms with Crippen molar-refractivity contribution in [1.82, 2.24) is 4.98 Å². The second kappa shape index (κ2) is 5.54. The van der Waals surface area contributed by atoms with Gasteiger partial charge in [0, 0.05) is 34.8 Å². The van der Waals surface area contributed by atoms with Crippen molar-refractivity contribution in [2.45, 2.75) is 0 Å². The van der Waals surface area contributed by atoms with E-state index in [9.17, 15) is 15.4 Å². The topological polar surface area (TPSA) is 82.7 Å². The Labute approximate surface area is 126 Å². The van der Waals surface area contributed by atoms with Gasteiger partial charge < -0.3 is 4.98 Å². The van der Waals surface area contributed by atoms with Gasteiger partial charge in [0.15, 0.2) is 0 Å². The van der Waals surface area contributed by atoms with Crippen molar-refractivity contribution >= 4 is 28.2 Å². The summed E-state index contributed by atoms with van der Waals surface area (Å²) >= 11 is 0. The molecular formula is C17H11N3O2. The molecule has 0 aliphatic heterocycles. The molecule has 0 unspecified atom stereocenters. The molecule has 1 N–H and O–H groups in total. The summed E-state index contributed by atoms with van der Waals surface area (Å²) in [5.41, 5.74) is 2.73. The molecule has 0 radical (unpaired) electrons. The van der Waals surface area contributed by atoms with Gasteiger partial charge >= 0.3 is 0 Å². The number of non-ortho nitro benzene ring substituents is 1. The lowest BCUT2D eigenvalue weighted by Crippen LogP contribution is -1.89. The van der Waals surface area contributed by atoms with Crippen molar-refractivity contribution in [1.29, 1.82) is 5.26 Å². The van der Waals surface area contributed by atoms with Crippen molar-refractivity contribution in [2.24, 2.45) is 0 Å². The summed E-state index contributed by atoms with van der Waals surface area (Å²) in [6, 6.07) is 16.0. The van der Waals surface area contributed by atoms with Crippen LogP contribution < -0.4 is 0 Å². The Morgan fingerprint density at radius 2 is 2.05 bits per heavy atom. The highest BCUT2D eigenvalue weighted by molar-refractivity contribution is 5.97. The Morgan fingerprint density at radius 3 is 2.82 bits per heavy atom. The standard InChI is InChI=1S/C17H11N3O2/c18-10-13(12-4-3-5-15(9-12)20(21)22)8-14-11-19-17-7-2-1-6-16(14)17/h1-9,11,19H/b13-8-. The van der Waals surface area contributed by atoms with E-state index in [-0.39, 0.29) is 5.69 Å². The summed E-state index contributed by atoms with van der Waals surface area (Å²) in [4.78, 5) is 13.5. The van der Waals surface area contributed by atoms with E-state index in [1.165, 1.54) is 12.1 Å². The van der Waals surface area contributed by atoms with Crippen molar-refractivity contribution in [3.63, 3.8) is 0 Å². The number of allylic oxidation sites excluding steroid dienone is 1. The SMILES string of the molecule is N#C/C(=C/c1c[nH]c2ccccc12)c1cccc([N+](=O)[O-])c1. The van der Waals surface area contributed by atoms with Crippen LogP contribution in [0.4, 0.5) is 5.69 Å². The normalized spacial score (nSPS) is 11.3. The molecule has 0 saturated carbocycles. The molecule has 1 aromatic heterocycles. The number of para-hydroxylation sites is 1. The van der Waals surface area contributed by atoms with Crippen LogP contribution in [0.2, 0.25) is 0 Å².